The summed E-state index contributed by atoms with van der Waals surface area (Å²) in [5, 5.41) is 12.4. The van der Waals surface area contributed by atoms with E-state index >= 15 is 0 Å². The molecule has 1 aromatic carbocycles. The predicted octanol–water partition coefficient (Wildman–Crippen LogP) is 3.24. The van der Waals surface area contributed by atoms with Crippen molar-refractivity contribution >= 4 is 16.6 Å². The summed E-state index contributed by atoms with van der Waals surface area (Å²) in [4.78, 5) is 6.30. The maximum atomic E-state index is 14.7. The summed E-state index contributed by atoms with van der Waals surface area (Å²) in [5.41, 5.74) is 3.95. The van der Waals surface area contributed by atoms with Crippen LogP contribution in [0.4, 0.5) is 10.1 Å². The Hall–Kier alpha value is -3.42. The number of fused-ring (bicyclic) bond motifs is 1. The standard InChI is InChI=1S/C19H19FN6O/c1-25(2)16-6-5-13(20)17(19(16)27-4)14-7-12-15(9-21-14)23-24-18(12)11-8-22-26(3)10-11/h5-10H,1-4H3,(H,23,24). The largest absolute Gasteiger partial charge is 0.494 e. The summed E-state index contributed by atoms with van der Waals surface area (Å²) in [6.07, 6.45) is 5.27. The van der Waals surface area contributed by atoms with E-state index in [0.717, 1.165) is 27.8 Å². The average molecular weight is 366 g/mol. The molecule has 0 saturated carbocycles. The van der Waals surface area contributed by atoms with Crippen LogP contribution in [0.15, 0.2) is 36.8 Å². The second-order valence-electron chi connectivity index (χ2n) is 6.46. The van der Waals surface area contributed by atoms with Crippen LogP contribution in [0.2, 0.25) is 0 Å². The van der Waals surface area contributed by atoms with E-state index in [-0.39, 0.29) is 0 Å². The molecule has 0 aliphatic rings. The van der Waals surface area contributed by atoms with Gasteiger partial charge in [0.25, 0.3) is 0 Å². The molecule has 0 bridgehead atoms. The molecule has 0 saturated heterocycles. The first-order valence-corrected chi connectivity index (χ1v) is 8.37. The minimum Gasteiger partial charge on any atom is -0.494 e. The molecule has 0 aliphatic heterocycles. The average Bonchev–Trinajstić information content (AvgIpc) is 3.26. The number of H-pyrrole nitrogens is 1. The van der Waals surface area contributed by atoms with E-state index < -0.39 is 5.82 Å². The van der Waals surface area contributed by atoms with Crippen molar-refractivity contribution in [1.82, 2.24) is 25.0 Å². The number of halogens is 1. The van der Waals surface area contributed by atoms with Gasteiger partial charge in [-0.3, -0.25) is 14.8 Å². The normalized spacial score (nSPS) is 11.1. The van der Waals surface area contributed by atoms with E-state index in [0.29, 0.717) is 17.0 Å². The summed E-state index contributed by atoms with van der Waals surface area (Å²) in [6, 6.07) is 4.94. The first-order valence-electron chi connectivity index (χ1n) is 8.37. The summed E-state index contributed by atoms with van der Waals surface area (Å²) < 4.78 is 22.0. The zero-order valence-corrected chi connectivity index (χ0v) is 15.5. The number of hydrogen-bond acceptors (Lipinski definition) is 5. The summed E-state index contributed by atoms with van der Waals surface area (Å²) in [7, 11) is 7.14. The number of benzene rings is 1. The number of aromatic amines is 1. The predicted molar refractivity (Wildman–Crippen MR) is 102 cm³/mol. The maximum Gasteiger partial charge on any atom is 0.154 e. The number of methoxy groups -OCH3 is 1. The Balaban J connectivity index is 1.94. The highest BCUT2D eigenvalue weighted by atomic mass is 19.1. The third-order valence-electron chi connectivity index (χ3n) is 4.45. The Labute approximate surface area is 155 Å². The Morgan fingerprint density at radius 1 is 1.22 bits per heavy atom. The van der Waals surface area contributed by atoms with Crippen molar-refractivity contribution in [2.24, 2.45) is 7.05 Å². The minimum absolute atomic E-state index is 0.323. The molecule has 4 aromatic rings. The Morgan fingerprint density at radius 3 is 2.70 bits per heavy atom. The second kappa shape index (κ2) is 6.39. The lowest BCUT2D eigenvalue weighted by Gasteiger charge is -2.19. The van der Waals surface area contributed by atoms with E-state index in [4.69, 9.17) is 4.74 Å². The van der Waals surface area contributed by atoms with E-state index in [1.54, 1.807) is 23.1 Å². The van der Waals surface area contributed by atoms with Crippen LogP contribution in [0.1, 0.15) is 0 Å². The quantitative estimate of drug-likeness (QED) is 0.600. The Kier molecular flexibility index (Phi) is 4.02. The van der Waals surface area contributed by atoms with E-state index in [1.165, 1.54) is 13.2 Å². The van der Waals surface area contributed by atoms with Crippen LogP contribution in [0, 0.1) is 5.82 Å². The molecular formula is C19H19FN6O. The van der Waals surface area contributed by atoms with Crippen LogP contribution >= 0.6 is 0 Å². The van der Waals surface area contributed by atoms with Gasteiger partial charge in [0.1, 0.15) is 11.5 Å². The molecule has 27 heavy (non-hydrogen) atoms. The highest BCUT2D eigenvalue weighted by Gasteiger charge is 2.20. The fourth-order valence-corrected chi connectivity index (χ4v) is 3.16. The number of nitrogens with one attached hydrogen (secondary N) is 1. The highest BCUT2D eigenvalue weighted by molar-refractivity contribution is 5.95. The Morgan fingerprint density at radius 2 is 2.04 bits per heavy atom. The molecular weight excluding hydrogens is 347 g/mol. The van der Waals surface area contributed by atoms with Crippen molar-refractivity contribution in [3.63, 3.8) is 0 Å². The van der Waals surface area contributed by atoms with Crippen molar-refractivity contribution < 1.29 is 9.13 Å². The van der Waals surface area contributed by atoms with Gasteiger partial charge in [-0.1, -0.05) is 0 Å². The minimum atomic E-state index is -0.393. The monoisotopic (exact) mass is 366 g/mol. The third kappa shape index (κ3) is 2.79. The van der Waals surface area contributed by atoms with Crippen LogP contribution in [-0.4, -0.2) is 46.2 Å². The number of pyridine rings is 1. The second-order valence-corrected chi connectivity index (χ2v) is 6.46. The van der Waals surface area contributed by atoms with Crippen LogP contribution in [0.5, 0.6) is 5.75 Å². The molecule has 0 spiro atoms. The van der Waals surface area contributed by atoms with Gasteiger partial charge < -0.3 is 9.64 Å². The van der Waals surface area contributed by atoms with Crippen molar-refractivity contribution in [1.29, 1.82) is 0 Å². The van der Waals surface area contributed by atoms with E-state index in [9.17, 15) is 4.39 Å². The van der Waals surface area contributed by atoms with Gasteiger partial charge in [0.05, 0.1) is 42.0 Å². The lowest BCUT2D eigenvalue weighted by atomic mass is 10.0. The van der Waals surface area contributed by atoms with Crippen LogP contribution in [0.3, 0.4) is 0 Å². The zero-order valence-electron chi connectivity index (χ0n) is 15.5. The van der Waals surface area contributed by atoms with Crippen molar-refractivity contribution in [3.8, 4) is 28.3 Å². The SMILES string of the molecule is COc1c(N(C)C)ccc(F)c1-c1cc2c(-c3cnn(C)c3)n[nH]c2cn1. The number of ether oxygens (including phenoxy) is 1. The third-order valence-corrected chi connectivity index (χ3v) is 4.45. The lowest BCUT2D eigenvalue weighted by Crippen LogP contribution is -2.11. The van der Waals surface area contributed by atoms with Gasteiger partial charge in [-0.05, 0) is 18.2 Å². The molecule has 1 N–H and O–H groups in total. The number of aryl methyl sites for hydroxylation is 1. The summed E-state index contributed by atoms with van der Waals surface area (Å²) >= 11 is 0. The Bertz CT molecular complexity index is 1130. The van der Waals surface area contributed by atoms with Gasteiger partial charge in [0.15, 0.2) is 5.75 Å². The van der Waals surface area contributed by atoms with Gasteiger partial charge >= 0.3 is 0 Å². The van der Waals surface area contributed by atoms with Gasteiger partial charge in [-0.2, -0.15) is 10.2 Å². The lowest BCUT2D eigenvalue weighted by molar-refractivity contribution is 0.414. The van der Waals surface area contributed by atoms with Crippen LogP contribution in [0.25, 0.3) is 33.4 Å². The van der Waals surface area contributed by atoms with Crippen molar-refractivity contribution in [2.45, 2.75) is 0 Å². The highest BCUT2D eigenvalue weighted by Crippen LogP contribution is 2.40. The molecule has 7 nitrogen and oxygen atoms in total. The number of rotatable bonds is 4. The van der Waals surface area contributed by atoms with Gasteiger partial charge in [-0.25, -0.2) is 4.39 Å². The molecule has 3 heterocycles. The number of hydrogen-bond donors (Lipinski definition) is 1. The van der Waals surface area contributed by atoms with Gasteiger partial charge in [-0.15, -0.1) is 0 Å². The fourth-order valence-electron chi connectivity index (χ4n) is 3.16. The van der Waals surface area contributed by atoms with E-state index in [1.807, 2.05) is 38.3 Å². The topological polar surface area (TPSA) is 71.9 Å². The zero-order chi connectivity index (χ0) is 19.1. The fraction of sp³-hybridized carbons (Fsp3) is 0.211. The molecule has 4 rings (SSSR count). The number of aromatic nitrogens is 5. The van der Waals surface area contributed by atoms with Crippen molar-refractivity contribution in [2.75, 3.05) is 26.1 Å². The molecule has 138 valence electrons. The van der Waals surface area contributed by atoms with Gasteiger partial charge in [0, 0.05) is 38.3 Å². The maximum absolute atomic E-state index is 14.7. The molecule has 3 aromatic heterocycles. The molecule has 0 aliphatic carbocycles. The first kappa shape index (κ1) is 17.0. The van der Waals surface area contributed by atoms with Crippen LogP contribution < -0.4 is 9.64 Å². The first-order chi connectivity index (χ1) is 13.0. The van der Waals surface area contributed by atoms with Crippen molar-refractivity contribution in [3.05, 3.63) is 42.6 Å². The smallest absolute Gasteiger partial charge is 0.154 e. The number of anilines is 1. The molecule has 0 fully saturated rings. The molecule has 0 unspecified atom stereocenters. The van der Waals surface area contributed by atoms with Gasteiger partial charge in [0.2, 0.25) is 0 Å². The number of nitrogens with zero attached hydrogens (tertiary/aromatic N) is 5. The summed E-state index contributed by atoms with van der Waals surface area (Å²) in [6.45, 7) is 0. The van der Waals surface area contributed by atoms with Crippen LogP contribution in [-0.2, 0) is 7.05 Å². The summed E-state index contributed by atoms with van der Waals surface area (Å²) in [5.74, 6) is 0.0500. The molecule has 8 heteroatoms. The molecule has 0 atom stereocenters. The molecule has 0 radical (unpaired) electrons. The van der Waals surface area contributed by atoms with E-state index in [2.05, 4.69) is 20.3 Å². The molecule has 0 amide bonds.